The molecule has 0 saturated heterocycles. The third kappa shape index (κ3) is 2.19. The van der Waals surface area contributed by atoms with Crippen LogP contribution < -0.4 is 5.01 Å². The van der Waals surface area contributed by atoms with Gasteiger partial charge >= 0.3 is 5.97 Å². The lowest BCUT2D eigenvalue weighted by Gasteiger charge is -2.33. The third-order valence-corrected chi connectivity index (χ3v) is 4.70. The molecule has 120 valence electrons. The minimum atomic E-state index is -2.99. The Morgan fingerprint density at radius 1 is 1.68 bits per heavy atom. The first-order valence-electron chi connectivity index (χ1n) is 6.99. The van der Waals surface area contributed by atoms with E-state index in [1.165, 1.54) is 5.38 Å². The van der Waals surface area contributed by atoms with Gasteiger partial charge in [0.25, 0.3) is 6.43 Å². The fraction of sp³-hybridized carbons (Fsp3) is 0.615. The summed E-state index contributed by atoms with van der Waals surface area (Å²) in [4.78, 5) is 15.6. The molecule has 1 saturated carbocycles. The summed E-state index contributed by atoms with van der Waals surface area (Å²) >= 11 is 0.973. The van der Waals surface area contributed by atoms with E-state index in [4.69, 9.17) is 4.74 Å². The summed E-state index contributed by atoms with van der Waals surface area (Å²) in [5.41, 5.74) is -1.80. The van der Waals surface area contributed by atoms with Crippen molar-refractivity contribution in [1.29, 1.82) is 0 Å². The SMILES string of the molecule is CCOC(=O)c1csc(N2N=C3CCC[C@@H]3[C@]2(O)C(F)F)n1. The van der Waals surface area contributed by atoms with Crippen molar-refractivity contribution >= 4 is 28.1 Å². The van der Waals surface area contributed by atoms with E-state index in [0.29, 0.717) is 18.6 Å². The van der Waals surface area contributed by atoms with Gasteiger partial charge in [0.1, 0.15) is 0 Å². The molecule has 1 aromatic heterocycles. The summed E-state index contributed by atoms with van der Waals surface area (Å²) in [6.07, 6.45) is -1.21. The molecular weight excluding hydrogens is 316 g/mol. The van der Waals surface area contributed by atoms with Crippen LogP contribution in [0.4, 0.5) is 13.9 Å². The Bertz CT molecular complexity index is 621. The van der Waals surface area contributed by atoms with Gasteiger partial charge in [-0.3, -0.25) is 0 Å². The van der Waals surface area contributed by atoms with Crippen LogP contribution >= 0.6 is 11.3 Å². The van der Waals surface area contributed by atoms with Crippen LogP contribution in [0.1, 0.15) is 36.7 Å². The number of esters is 1. The Morgan fingerprint density at radius 3 is 3.14 bits per heavy atom. The van der Waals surface area contributed by atoms with Gasteiger partial charge in [-0.05, 0) is 26.2 Å². The number of ether oxygens (including phenoxy) is 1. The van der Waals surface area contributed by atoms with E-state index in [0.717, 1.165) is 22.8 Å². The molecule has 0 aromatic carbocycles. The second-order valence-electron chi connectivity index (χ2n) is 5.17. The number of nitrogens with zero attached hydrogens (tertiary/aromatic N) is 3. The van der Waals surface area contributed by atoms with Gasteiger partial charge in [0, 0.05) is 11.1 Å². The standard InChI is InChI=1S/C13H15F2N3O3S/c1-2-21-10(19)9-6-22-12(16-9)18-13(20,11(14)15)7-4-3-5-8(7)17-18/h6-7,11,20H,2-5H2,1H3/t7-,13-/m0/s1. The van der Waals surface area contributed by atoms with E-state index in [1.54, 1.807) is 6.92 Å². The van der Waals surface area contributed by atoms with E-state index in [9.17, 15) is 18.7 Å². The molecule has 1 aromatic rings. The Kier molecular flexibility index (Phi) is 3.85. The summed E-state index contributed by atoms with van der Waals surface area (Å²) in [6.45, 7) is 1.86. The van der Waals surface area contributed by atoms with Gasteiger partial charge in [0.2, 0.25) is 10.9 Å². The molecule has 0 bridgehead atoms. The molecule has 22 heavy (non-hydrogen) atoms. The highest BCUT2D eigenvalue weighted by atomic mass is 32.1. The predicted octanol–water partition coefficient (Wildman–Crippen LogP) is 2.25. The number of aliphatic hydroxyl groups is 1. The van der Waals surface area contributed by atoms with Crippen LogP contribution in [0, 0.1) is 5.92 Å². The Labute approximate surface area is 129 Å². The highest BCUT2D eigenvalue weighted by Crippen LogP contribution is 2.46. The van der Waals surface area contributed by atoms with Crippen molar-refractivity contribution in [3.8, 4) is 0 Å². The number of hydrazone groups is 1. The van der Waals surface area contributed by atoms with Crippen LogP contribution in [0.2, 0.25) is 0 Å². The largest absolute Gasteiger partial charge is 0.461 e. The number of rotatable bonds is 4. The van der Waals surface area contributed by atoms with E-state index >= 15 is 0 Å². The van der Waals surface area contributed by atoms with Crippen molar-refractivity contribution in [3.63, 3.8) is 0 Å². The van der Waals surface area contributed by atoms with Crippen molar-refractivity contribution in [1.82, 2.24) is 4.98 Å². The second kappa shape index (κ2) is 5.54. The van der Waals surface area contributed by atoms with E-state index in [1.807, 2.05) is 0 Å². The average Bonchev–Trinajstić information content (AvgIpc) is 3.16. The van der Waals surface area contributed by atoms with Gasteiger partial charge in [-0.1, -0.05) is 0 Å². The molecule has 1 aliphatic carbocycles. The molecule has 2 aliphatic rings. The first kappa shape index (κ1) is 15.3. The number of hydrogen-bond donors (Lipinski definition) is 1. The number of hydrogen-bond acceptors (Lipinski definition) is 7. The zero-order chi connectivity index (χ0) is 15.9. The maximum Gasteiger partial charge on any atom is 0.357 e. The molecule has 0 radical (unpaired) electrons. The number of thiazole rings is 1. The van der Waals surface area contributed by atoms with Crippen LogP contribution in [-0.4, -0.2) is 40.5 Å². The first-order valence-corrected chi connectivity index (χ1v) is 7.87. The number of alkyl halides is 2. The van der Waals surface area contributed by atoms with Crippen molar-refractivity contribution in [3.05, 3.63) is 11.1 Å². The maximum atomic E-state index is 13.5. The van der Waals surface area contributed by atoms with Crippen molar-refractivity contribution in [2.75, 3.05) is 11.6 Å². The summed E-state index contributed by atoms with van der Waals surface area (Å²) < 4.78 is 31.8. The molecule has 2 atom stereocenters. The molecule has 6 nitrogen and oxygen atoms in total. The lowest BCUT2D eigenvalue weighted by Crippen LogP contribution is -2.54. The fourth-order valence-corrected chi connectivity index (χ4v) is 3.67. The monoisotopic (exact) mass is 331 g/mol. The molecule has 2 heterocycles. The van der Waals surface area contributed by atoms with Gasteiger partial charge in [-0.2, -0.15) is 5.10 Å². The Balaban J connectivity index is 1.93. The summed E-state index contributed by atoms with van der Waals surface area (Å²) in [6, 6.07) is 0. The van der Waals surface area contributed by atoms with Crippen LogP contribution in [0.5, 0.6) is 0 Å². The van der Waals surface area contributed by atoms with Gasteiger partial charge in [0.15, 0.2) is 5.69 Å². The molecule has 9 heteroatoms. The minimum Gasteiger partial charge on any atom is -0.461 e. The lowest BCUT2D eigenvalue weighted by atomic mass is 9.94. The summed E-state index contributed by atoms with van der Waals surface area (Å²) in [5.74, 6) is -1.32. The predicted molar refractivity (Wildman–Crippen MR) is 76.3 cm³/mol. The molecule has 3 rings (SSSR count). The van der Waals surface area contributed by atoms with E-state index in [2.05, 4.69) is 10.1 Å². The van der Waals surface area contributed by atoms with E-state index in [-0.39, 0.29) is 17.4 Å². The molecule has 0 unspecified atom stereocenters. The van der Waals surface area contributed by atoms with Gasteiger partial charge in [-0.15, -0.1) is 11.3 Å². The van der Waals surface area contributed by atoms with Gasteiger partial charge in [-0.25, -0.2) is 23.6 Å². The number of anilines is 1. The average molecular weight is 331 g/mol. The first-order chi connectivity index (χ1) is 10.5. The highest BCUT2D eigenvalue weighted by Gasteiger charge is 2.59. The fourth-order valence-electron chi connectivity index (χ4n) is 2.86. The third-order valence-electron chi connectivity index (χ3n) is 3.89. The summed E-state index contributed by atoms with van der Waals surface area (Å²) in [7, 11) is 0. The van der Waals surface area contributed by atoms with Crippen molar-refractivity contribution < 1.29 is 23.4 Å². The maximum absolute atomic E-state index is 13.5. The number of carbonyl (C=O) groups excluding carboxylic acids is 1. The second-order valence-corrected chi connectivity index (χ2v) is 6.00. The topological polar surface area (TPSA) is 75.0 Å². The Morgan fingerprint density at radius 2 is 2.45 bits per heavy atom. The smallest absolute Gasteiger partial charge is 0.357 e. The van der Waals surface area contributed by atoms with Gasteiger partial charge in [0.05, 0.1) is 12.5 Å². The quantitative estimate of drug-likeness (QED) is 0.857. The minimum absolute atomic E-state index is 0.0238. The molecule has 1 N–H and O–H groups in total. The van der Waals surface area contributed by atoms with Crippen LogP contribution in [0.3, 0.4) is 0 Å². The highest BCUT2D eigenvalue weighted by molar-refractivity contribution is 7.14. The Hall–Kier alpha value is -1.61. The lowest BCUT2D eigenvalue weighted by molar-refractivity contribution is -0.111. The van der Waals surface area contributed by atoms with Crippen molar-refractivity contribution in [2.24, 2.45) is 11.0 Å². The number of halogens is 2. The molecule has 0 spiro atoms. The molecule has 0 amide bonds. The number of fused-ring (bicyclic) bond motifs is 1. The zero-order valence-corrected chi connectivity index (χ0v) is 12.6. The molecule has 1 aliphatic heterocycles. The number of carbonyl (C=O) groups is 1. The number of aromatic nitrogens is 1. The van der Waals surface area contributed by atoms with Gasteiger partial charge < -0.3 is 9.84 Å². The molecule has 1 fully saturated rings. The van der Waals surface area contributed by atoms with Crippen LogP contribution in [0.25, 0.3) is 0 Å². The van der Waals surface area contributed by atoms with E-state index < -0.39 is 24.0 Å². The molecular formula is C13H15F2N3O3S. The van der Waals surface area contributed by atoms with Crippen LogP contribution in [0.15, 0.2) is 10.5 Å². The normalized spacial score (nSPS) is 27.2. The zero-order valence-electron chi connectivity index (χ0n) is 11.8. The summed E-state index contributed by atoms with van der Waals surface area (Å²) in [5, 5.41) is 17.0. The van der Waals surface area contributed by atoms with Crippen molar-refractivity contribution in [2.45, 2.75) is 38.3 Å². The van der Waals surface area contributed by atoms with Crippen LogP contribution in [-0.2, 0) is 4.74 Å².